The summed E-state index contributed by atoms with van der Waals surface area (Å²) in [6, 6.07) is 0. The van der Waals surface area contributed by atoms with Crippen molar-refractivity contribution in [2.75, 3.05) is 0 Å². The minimum absolute atomic E-state index is 0.387. The number of hydrogen-bond acceptors (Lipinski definition) is 1. The van der Waals surface area contributed by atoms with Gasteiger partial charge in [-0.3, -0.25) is 4.79 Å². The fraction of sp³-hybridized carbons (Fsp3) is 0.917. The molecule has 0 spiro atoms. The molecule has 1 unspecified atom stereocenters. The number of carbonyl (C=O) groups is 1. The van der Waals surface area contributed by atoms with Crippen molar-refractivity contribution in [3.63, 3.8) is 0 Å². The molecule has 1 nitrogen and oxygen atoms in total. The molecule has 13 heavy (non-hydrogen) atoms. The lowest BCUT2D eigenvalue weighted by atomic mass is 9.66. The summed E-state index contributed by atoms with van der Waals surface area (Å²) in [6.45, 7) is 9.11. The summed E-state index contributed by atoms with van der Waals surface area (Å²) in [6.07, 6.45) is 3.93. The van der Waals surface area contributed by atoms with Crippen molar-refractivity contribution in [2.24, 2.45) is 17.3 Å². The molecule has 0 N–H and O–H groups in total. The van der Waals surface area contributed by atoms with Crippen LogP contribution in [0, 0.1) is 17.3 Å². The van der Waals surface area contributed by atoms with Crippen molar-refractivity contribution in [3.8, 4) is 0 Å². The first-order chi connectivity index (χ1) is 5.92. The van der Waals surface area contributed by atoms with Crippen molar-refractivity contribution >= 4 is 5.78 Å². The van der Waals surface area contributed by atoms with E-state index in [0.29, 0.717) is 17.1 Å². The lowest BCUT2D eigenvalue weighted by Crippen LogP contribution is -2.32. The Kier molecular flexibility index (Phi) is 3.15. The summed E-state index contributed by atoms with van der Waals surface area (Å²) in [7, 11) is 0. The predicted octanol–water partition coefficient (Wildman–Crippen LogP) is 3.43. The highest BCUT2D eigenvalue weighted by atomic mass is 16.1. The van der Waals surface area contributed by atoms with E-state index in [-0.39, 0.29) is 0 Å². The van der Waals surface area contributed by atoms with Gasteiger partial charge in [-0.1, -0.05) is 27.7 Å². The molecule has 1 rings (SSSR count). The van der Waals surface area contributed by atoms with Crippen molar-refractivity contribution in [1.29, 1.82) is 0 Å². The lowest BCUT2D eigenvalue weighted by molar-refractivity contribution is -0.124. The first kappa shape index (κ1) is 10.7. The molecule has 1 fully saturated rings. The Morgan fingerprint density at radius 3 is 2.62 bits per heavy atom. The monoisotopic (exact) mass is 182 g/mol. The van der Waals surface area contributed by atoms with Crippen molar-refractivity contribution in [2.45, 2.75) is 53.4 Å². The molecule has 1 saturated carbocycles. The first-order valence-corrected chi connectivity index (χ1v) is 5.43. The molecule has 1 aliphatic rings. The number of Topliss-reactive ketones (excluding diaryl/α,β-unsaturated/α-hetero) is 1. The van der Waals surface area contributed by atoms with Gasteiger partial charge in [0, 0.05) is 12.8 Å². The third-order valence-electron chi connectivity index (χ3n) is 3.38. The number of ketones is 1. The molecule has 0 bridgehead atoms. The Morgan fingerprint density at radius 2 is 2.08 bits per heavy atom. The first-order valence-electron chi connectivity index (χ1n) is 5.43. The van der Waals surface area contributed by atoms with Crippen LogP contribution < -0.4 is 0 Å². The van der Waals surface area contributed by atoms with Gasteiger partial charge in [-0.25, -0.2) is 0 Å². The second-order valence-corrected chi connectivity index (χ2v) is 5.56. The molecule has 0 aromatic heterocycles. The van der Waals surface area contributed by atoms with Crippen LogP contribution in [0.25, 0.3) is 0 Å². The van der Waals surface area contributed by atoms with Crippen LogP contribution in [0.5, 0.6) is 0 Å². The van der Waals surface area contributed by atoms with Crippen LogP contribution in [0.4, 0.5) is 0 Å². The maximum atomic E-state index is 11.3. The fourth-order valence-electron chi connectivity index (χ4n) is 2.29. The van der Waals surface area contributed by atoms with E-state index in [4.69, 9.17) is 0 Å². The molecule has 76 valence electrons. The number of carbonyl (C=O) groups excluding carboxylic acids is 1. The Bertz CT molecular complexity index is 191. The Balaban J connectivity index is 2.61. The summed E-state index contributed by atoms with van der Waals surface area (Å²) in [5.74, 6) is 1.81. The molecule has 0 aromatic rings. The largest absolute Gasteiger partial charge is 0.300 e. The van der Waals surface area contributed by atoms with Gasteiger partial charge < -0.3 is 0 Å². The molecule has 0 aliphatic heterocycles. The van der Waals surface area contributed by atoms with Gasteiger partial charge in [0.15, 0.2) is 0 Å². The van der Waals surface area contributed by atoms with Crippen molar-refractivity contribution in [3.05, 3.63) is 0 Å². The summed E-state index contributed by atoms with van der Waals surface area (Å²) in [4.78, 5) is 11.3. The van der Waals surface area contributed by atoms with Gasteiger partial charge in [0.1, 0.15) is 5.78 Å². The van der Waals surface area contributed by atoms with E-state index in [1.54, 1.807) is 0 Å². The van der Waals surface area contributed by atoms with Crippen molar-refractivity contribution < 1.29 is 4.79 Å². The summed E-state index contributed by atoms with van der Waals surface area (Å²) >= 11 is 0. The van der Waals surface area contributed by atoms with E-state index in [1.807, 2.05) is 0 Å². The Labute approximate surface area is 81.9 Å². The van der Waals surface area contributed by atoms with Gasteiger partial charge in [-0.2, -0.15) is 0 Å². The molecule has 1 aliphatic carbocycles. The van der Waals surface area contributed by atoms with Crippen LogP contribution in [0.2, 0.25) is 0 Å². The molecule has 0 aromatic carbocycles. The average molecular weight is 182 g/mol. The fourth-order valence-corrected chi connectivity index (χ4v) is 2.29. The van der Waals surface area contributed by atoms with Gasteiger partial charge >= 0.3 is 0 Å². The highest BCUT2D eigenvalue weighted by Gasteiger charge is 2.35. The van der Waals surface area contributed by atoms with Gasteiger partial charge in [0.05, 0.1) is 0 Å². The van der Waals surface area contributed by atoms with Crippen LogP contribution in [-0.2, 0) is 4.79 Å². The molecule has 1 atom stereocenters. The van der Waals surface area contributed by atoms with Crippen LogP contribution in [0.3, 0.4) is 0 Å². The van der Waals surface area contributed by atoms with Gasteiger partial charge in [0.2, 0.25) is 0 Å². The molecule has 0 heterocycles. The zero-order valence-corrected chi connectivity index (χ0v) is 9.39. The highest BCUT2D eigenvalue weighted by Crippen LogP contribution is 2.42. The number of rotatable bonds is 2. The van der Waals surface area contributed by atoms with Gasteiger partial charge in [0.25, 0.3) is 0 Å². The Hall–Kier alpha value is -0.330. The highest BCUT2D eigenvalue weighted by molar-refractivity contribution is 5.79. The van der Waals surface area contributed by atoms with E-state index >= 15 is 0 Å². The van der Waals surface area contributed by atoms with Gasteiger partial charge in [-0.05, 0) is 30.1 Å². The minimum atomic E-state index is 0.387. The van der Waals surface area contributed by atoms with Crippen LogP contribution in [0.15, 0.2) is 0 Å². The minimum Gasteiger partial charge on any atom is -0.300 e. The Morgan fingerprint density at radius 1 is 1.46 bits per heavy atom. The quantitative estimate of drug-likeness (QED) is 0.639. The normalized spacial score (nSPS) is 28.1. The summed E-state index contributed by atoms with van der Waals surface area (Å²) < 4.78 is 0. The van der Waals surface area contributed by atoms with E-state index in [0.717, 1.165) is 25.2 Å². The van der Waals surface area contributed by atoms with E-state index in [2.05, 4.69) is 27.7 Å². The van der Waals surface area contributed by atoms with Crippen molar-refractivity contribution in [1.82, 2.24) is 0 Å². The molecular weight excluding hydrogens is 160 g/mol. The van der Waals surface area contributed by atoms with Crippen LogP contribution >= 0.6 is 0 Å². The van der Waals surface area contributed by atoms with Crippen LogP contribution in [0.1, 0.15) is 53.4 Å². The van der Waals surface area contributed by atoms with E-state index in [1.165, 1.54) is 6.42 Å². The molecule has 1 heteroatoms. The third kappa shape index (κ3) is 2.82. The molecule has 0 amide bonds. The number of hydrogen-bond donors (Lipinski definition) is 0. The topological polar surface area (TPSA) is 17.1 Å². The zero-order valence-electron chi connectivity index (χ0n) is 9.39. The maximum Gasteiger partial charge on any atom is 0.133 e. The molecule has 0 saturated heterocycles. The smallest absolute Gasteiger partial charge is 0.133 e. The second-order valence-electron chi connectivity index (χ2n) is 5.56. The van der Waals surface area contributed by atoms with E-state index < -0.39 is 0 Å². The summed E-state index contributed by atoms with van der Waals surface area (Å²) in [5.41, 5.74) is 0.387. The maximum absolute atomic E-state index is 11.3. The average Bonchev–Trinajstić information content (AvgIpc) is 1.97. The third-order valence-corrected chi connectivity index (χ3v) is 3.38. The van der Waals surface area contributed by atoms with E-state index in [9.17, 15) is 4.79 Å². The summed E-state index contributed by atoms with van der Waals surface area (Å²) in [5, 5.41) is 0. The van der Waals surface area contributed by atoms with Gasteiger partial charge in [-0.15, -0.1) is 0 Å². The second kappa shape index (κ2) is 3.81. The SMILES string of the molecule is CC(C)CC1CC(=O)CCC1(C)C. The molecule has 0 radical (unpaired) electrons. The zero-order chi connectivity index (χ0) is 10.1. The molecular formula is C12H22O. The van der Waals surface area contributed by atoms with Crippen LogP contribution in [-0.4, -0.2) is 5.78 Å². The lowest BCUT2D eigenvalue weighted by Gasteiger charge is -2.38. The standard InChI is InChI=1S/C12H22O/c1-9(2)7-10-8-11(13)5-6-12(10,3)4/h9-10H,5-8H2,1-4H3. The predicted molar refractivity (Wildman–Crippen MR) is 55.6 cm³/mol.